The summed E-state index contributed by atoms with van der Waals surface area (Å²) < 4.78 is 0. The van der Waals surface area contributed by atoms with E-state index in [1.807, 2.05) is 12.1 Å². The lowest BCUT2D eigenvalue weighted by molar-refractivity contribution is 0.317. The molecule has 3 unspecified atom stereocenters. The highest BCUT2D eigenvalue weighted by Gasteiger charge is 2.29. The molecule has 0 amide bonds. The van der Waals surface area contributed by atoms with Crippen LogP contribution >= 0.6 is 11.6 Å². The van der Waals surface area contributed by atoms with E-state index in [2.05, 4.69) is 50.2 Å². The fourth-order valence-electron chi connectivity index (χ4n) is 2.91. The fraction of sp³-hybridized carbons (Fsp3) is 0.625. The van der Waals surface area contributed by atoms with E-state index in [0.29, 0.717) is 24.0 Å². The van der Waals surface area contributed by atoms with Crippen LogP contribution in [0.1, 0.15) is 38.8 Å². The van der Waals surface area contributed by atoms with Crippen LogP contribution in [0.2, 0.25) is 5.02 Å². The summed E-state index contributed by atoms with van der Waals surface area (Å²) >= 11 is 5.98. The zero-order chi connectivity index (χ0) is 14.0. The summed E-state index contributed by atoms with van der Waals surface area (Å²) in [6, 6.07) is 9.92. The molecule has 0 radical (unpaired) electrons. The maximum absolute atomic E-state index is 5.98. The first-order chi connectivity index (χ1) is 8.97. The van der Waals surface area contributed by atoms with Crippen molar-refractivity contribution in [1.82, 2.24) is 10.2 Å². The van der Waals surface area contributed by atoms with E-state index in [-0.39, 0.29) is 0 Å². The van der Waals surface area contributed by atoms with Crippen molar-refractivity contribution in [3.05, 3.63) is 34.9 Å². The Hall–Kier alpha value is -0.570. The van der Waals surface area contributed by atoms with Crippen LogP contribution in [0, 0.1) is 5.92 Å². The van der Waals surface area contributed by atoms with Crippen LogP contribution in [-0.2, 0) is 0 Å². The Morgan fingerprint density at radius 3 is 2.37 bits per heavy atom. The summed E-state index contributed by atoms with van der Waals surface area (Å²) in [7, 11) is 2.21. The van der Waals surface area contributed by atoms with Gasteiger partial charge in [0.1, 0.15) is 0 Å². The first kappa shape index (κ1) is 14.8. The van der Waals surface area contributed by atoms with Gasteiger partial charge in [0.15, 0.2) is 0 Å². The van der Waals surface area contributed by atoms with Crippen molar-refractivity contribution in [3.63, 3.8) is 0 Å². The molecule has 1 fully saturated rings. The molecule has 1 heterocycles. The van der Waals surface area contributed by atoms with E-state index in [9.17, 15) is 0 Å². The van der Waals surface area contributed by atoms with E-state index in [0.717, 1.165) is 11.6 Å². The number of likely N-dealkylation sites (N-methyl/N-ethyl adjacent to an activating group) is 1. The van der Waals surface area contributed by atoms with Crippen LogP contribution in [-0.4, -0.2) is 30.6 Å². The van der Waals surface area contributed by atoms with Crippen LogP contribution in [0.5, 0.6) is 0 Å². The fourth-order valence-corrected chi connectivity index (χ4v) is 3.04. The Morgan fingerprint density at radius 1 is 1.26 bits per heavy atom. The number of nitrogens with zero attached hydrogens (tertiary/aromatic N) is 1. The zero-order valence-electron chi connectivity index (χ0n) is 12.4. The van der Waals surface area contributed by atoms with E-state index >= 15 is 0 Å². The number of nitrogens with one attached hydrogen (secondary N) is 1. The molecule has 0 aromatic heterocycles. The maximum Gasteiger partial charge on any atom is 0.0406 e. The van der Waals surface area contributed by atoms with Gasteiger partial charge in [-0.15, -0.1) is 0 Å². The van der Waals surface area contributed by atoms with Gasteiger partial charge in [0.2, 0.25) is 0 Å². The van der Waals surface area contributed by atoms with Gasteiger partial charge in [-0.3, -0.25) is 0 Å². The highest BCUT2D eigenvalue weighted by Crippen LogP contribution is 2.26. The largest absolute Gasteiger partial charge is 0.306 e. The second-order valence-electron chi connectivity index (χ2n) is 6.16. The quantitative estimate of drug-likeness (QED) is 0.904. The molecule has 1 aromatic rings. The average molecular weight is 281 g/mol. The molecule has 1 aromatic carbocycles. The first-order valence-electron chi connectivity index (χ1n) is 7.19. The Balaban J connectivity index is 2.07. The van der Waals surface area contributed by atoms with Crippen molar-refractivity contribution in [2.24, 2.45) is 5.92 Å². The molecule has 0 bridgehead atoms. The smallest absolute Gasteiger partial charge is 0.0406 e. The Labute approximate surface area is 122 Å². The molecule has 1 N–H and O–H groups in total. The molecule has 1 aliphatic heterocycles. The molecule has 1 aliphatic rings. The highest BCUT2D eigenvalue weighted by atomic mass is 35.5. The van der Waals surface area contributed by atoms with Crippen LogP contribution in [0.15, 0.2) is 24.3 Å². The number of benzene rings is 1. The summed E-state index contributed by atoms with van der Waals surface area (Å²) in [6.07, 6.45) is 1.23. The normalized spacial score (nSPS) is 26.0. The van der Waals surface area contributed by atoms with Crippen LogP contribution in [0.4, 0.5) is 0 Å². The van der Waals surface area contributed by atoms with Gasteiger partial charge >= 0.3 is 0 Å². The van der Waals surface area contributed by atoms with Gasteiger partial charge in [0.25, 0.3) is 0 Å². The number of hydrogen-bond acceptors (Lipinski definition) is 2. The molecule has 0 saturated carbocycles. The first-order valence-corrected chi connectivity index (χ1v) is 7.57. The van der Waals surface area contributed by atoms with Crippen LogP contribution < -0.4 is 5.32 Å². The van der Waals surface area contributed by atoms with E-state index in [4.69, 9.17) is 11.6 Å². The van der Waals surface area contributed by atoms with Gasteiger partial charge in [-0.1, -0.05) is 37.6 Å². The van der Waals surface area contributed by atoms with Crippen LogP contribution in [0.25, 0.3) is 0 Å². The maximum atomic E-state index is 5.98. The Kier molecular flexibility index (Phi) is 4.88. The lowest BCUT2D eigenvalue weighted by Crippen LogP contribution is -2.37. The van der Waals surface area contributed by atoms with Crippen molar-refractivity contribution >= 4 is 11.6 Å². The van der Waals surface area contributed by atoms with E-state index in [1.165, 1.54) is 12.0 Å². The van der Waals surface area contributed by atoms with Gasteiger partial charge in [-0.2, -0.15) is 0 Å². The van der Waals surface area contributed by atoms with Gasteiger partial charge in [0.05, 0.1) is 0 Å². The molecule has 19 heavy (non-hydrogen) atoms. The Morgan fingerprint density at radius 2 is 1.89 bits per heavy atom. The van der Waals surface area contributed by atoms with Gasteiger partial charge in [-0.05, 0) is 44.0 Å². The number of rotatable bonds is 4. The third-order valence-corrected chi connectivity index (χ3v) is 4.45. The van der Waals surface area contributed by atoms with Crippen molar-refractivity contribution in [2.45, 2.75) is 45.3 Å². The molecule has 2 nitrogen and oxygen atoms in total. The average Bonchev–Trinajstić information content (AvgIpc) is 2.67. The predicted octanol–water partition coefficient (Wildman–Crippen LogP) is 3.72. The molecule has 3 atom stereocenters. The summed E-state index contributed by atoms with van der Waals surface area (Å²) in [5.41, 5.74) is 1.33. The summed E-state index contributed by atoms with van der Waals surface area (Å²) in [5, 5.41) is 4.63. The minimum atomic E-state index is 0.404. The van der Waals surface area contributed by atoms with Crippen molar-refractivity contribution in [3.8, 4) is 0 Å². The molecule has 106 valence electrons. The van der Waals surface area contributed by atoms with E-state index in [1.54, 1.807) is 0 Å². The minimum absolute atomic E-state index is 0.404. The molecule has 1 saturated heterocycles. The Bertz CT molecular complexity index is 392. The number of halogens is 1. The summed E-state index contributed by atoms with van der Waals surface area (Å²) in [4.78, 5) is 2.43. The van der Waals surface area contributed by atoms with E-state index < -0.39 is 0 Å². The monoisotopic (exact) mass is 280 g/mol. The van der Waals surface area contributed by atoms with Gasteiger partial charge in [0, 0.05) is 29.7 Å². The number of hydrogen-bond donors (Lipinski definition) is 1. The van der Waals surface area contributed by atoms with Crippen molar-refractivity contribution < 1.29 is 0 Å². The van der Waals surface area contributed by atoms with Crippen molar-refractivity contribution in [2.75, 3.05) is 13.6 Å². The minimum Gasteiger partial charge on any atom is -0.306 e. The van der Waals surface area contributed by atoms with Gasteiger partial charge in [-0.25, -0.2) is 0 Å². The summed E-state index contributed by atoms with van der Waals surface area (Å²) in [6.45, 7) is 7.98. The lowest BCUT2D eigenvalue weighted by Gasteiger charge is -2.27. The van der Waals surface area contributed by atoms with Crippen molar-refractivity contribution in [1.29, 1.82) is 0 Å². The third kappa shape index (κ3) is 3.71. The second-order valence-corrected chi connectivity index (χ2v) is 6.60. The van der Waals surface area contributed by atoms with Crippen LogP contribution in [0.3, 0.4) is 0 Å². The molecule has 0 aliphatic carbocycles. The zero-order valence-corrected chi connectivity index (χ0v) is 13.1. The predicted molar refractivity (Wildman–Crippen MR) is 82.7 cm³/mol. The molecule has 0 spiro atoms. The molecule has 3 heteroatoms. The topological polar surface area (TPSA) is 15.3 Å². The molecular weight excluding hydrogens is 256 g/mol. The molecular formula is C16H25ClN2. The number of likely N-dealkylation sites (tertiary alicyclic amines) is 1. The standard InChI is InChI=1S/C16H25ClN2/c1-11(2)16(13-5-7-14(17)8-6-13)18-15-9-12(3)19(4)10-15/h5-8,11-12,15-16,18H,9-10H2,1-4H3. The third-order valence-electron chi connectivity index (χ3n) is 4.20. The highest BCUT2D eigenvalue weighted by molar-refractivity contribution is 6.30. The SMILES string of the molecule is CC(C)C(NC1CC(C)N(C)C1)c1ccc(Cl)cc1. The van der Waals surface area contributed by atoms with Gasteiger partial charge < -0.3 is 10.2 Å². The summed E-state index contributed by atoms with van der Waals surface area (Å²) in [5.74, 6) is 0.572. The second kappa shape index (κ2) is 6.25. The molecule has 2 rings (SSSR count). The lowest BCUT2D eigenvalue weighted by atomic mass is 9.95.